The van der Waals surface area contributed by atoms with Crippen LogP contribution < -0.4 is 0 Å². The Bertz CT molecular complexity index is 1130. The molecule has 35 heavy (non-hydrogen) atoms. The zero-order valence-corrected chi connectivity index (χ0v) is 20.4. The summed E-state index contributed by atoms with van der Waals surface area (Å²) in [5.41, 5.74) is 8.65. The number of nitrogens with zero attached hydrogens (tertiary/aromatic N) is 5. The van der Waals surface area contributed by atoms with E-state index in [9.17, 15) is 19.9 Å². The van der Waals surface area contributed by atoms with Crippen molar-refractivity contribution >= 4 is 41.3 Å². The Labute approximate surface area is 208 Å². The van der Waals surface area contributed by atoms with Gasteiger partial charge in [0.2, 0.25) is 0 Å². The van der Waals surface area contributed by atoms with E-state index in [4.69, 9.17) is 30.5 Å². The molecular weight excluding hydrogens is 504 g/mol. The van der Waals surface area contributed by atoms with Crippen LogP contribution in [0.3, 0.4) is 0 Å². The average molecular weight is 525 g/mol. The zero-order valence-electron chi connectivity index (χ0n) is 18.8. The topological polar surface area (TPSA) is 178 Å². The summed E-state index contributed by atoms with van der Waals surface area (Å²) in [7, 11) is 0. The van der Waals surface area contributed by atoms with Crippen LogP contribution in [-0.4, -0.2) is 69.3 Å². The number of thioether (sulfide) groups is 1. The fraction of sp³-hybridized carbons (Fsp3) is 0.450. The van der Waals surface area contributed by atoms with Gasteiger partial charge in [0.15, 0.2) is 5.82 Å². The van der Waals surface area contributed by atoms with Gasteiger partial charge in [-0.1, -0.05) is 28.5 Å². The van der Waals surface area contributed by atoms with Gasteiger partial charge in [-0.15, -0.1) is 0 Å². The molecule has 1 N–H and O–H groups in total. The van der Waals surface area contributed by atoms with Gasteiger partial charge in [0.25, 0.3) is 0 Å². The Morgan fingerprint density at radius 2 is 1.91 bits per heavy atom. The largest absolute Gasteiger partial charge is 0.463 e. The third-order valence-electron chi connectivity index (χ3n) is 4.64. The van der Waals surface area contributed by atoms with E-state index in [-0.39, 0.29) is 6.61 Å². The number of carbonyl (C=O) groups is 3. The summed E-state index contributed by atoms with van der Waals surface area (Å²) in [6.45, 7) is 3.23. The molecule has 0 aliphatic carbocycles. The van der Waals surface area contributed by atoms with Crippen LogP contribution in [0.4, 0.5) is 0 Å². The predicted octanol–water partition coefficient (Wildman–Crippen LogP) is 3.05. The van der Waals surface area contributed by atoms with Crippen LogP contribution in [0.2, 0.25) is 5.02 Å². The highest BCUT2D eigenvalue weighted by molar-refractivity contribution is 8.00. The number of aromatic amines is 1. The van der Waals surface area contributed by atoms with Crippen molar-refractivity contribution in [1.29, 1.82) is 0 Å². The van der Waals surface area contributed by atoms with Crippen LogP contribution in [0.1, 0.15) is 20.8 Å². The van der Waals surface area contributed by atoms with Gasteiger partial charge in [0, 0.05) is 49.2 Å². The van der Waals surface area contributed by atoms with Crippen LogP contribution in [-0.2, 0) is 33.3 Å². The van der Waals surface area contributed by atoms with Gasteiger partial charge in [-0.3, -0.25) is 19.4 Å². The van der Waals surface area contributed by atoms with Gasteiger partial charge in [0.1, 0.15) is 42.1 Å². The lowest BCUT2D eigenvalue weighted by molar-refractivity contribution is -0.201. The Morgan fingerprint density at radius 1 is 1.20 bits per heavy atom. The normalized spacial score (nSPS) is 23.6. The summed E-state index contributed by atoms with van der Waals surface area (Å²) in [6.07, 6.45) is 1.19. The summed E-state index contributed by atoms with van der Waals surface area (Å²) >= 11 is 7.25. The van der Waals surface area contributed by atoms with Crippen molar-refractivity contribution in [2.45, 2.75) is 55.5 Å². The van der Waals surface area contributed by atoms with E-state index in [0.717, 1.165) is 18.7 Å². The van der Waals surface area contributed by atoms with Crippen molar-refractivity contribution in [2.75, 3.05) is 6.61 Å². The van der Waals surface area contributed by atoms with Gasteiger partial charge < -0.3 is 23.9 Å². The molecule has 1 aliphatic rings. The maximum Gasteiger partial charge on any atom is 0.303 e. The summed E-state index contributed by atoms with van der Waals surface area (Å²) < 4.78 is 22.0. The fourth-order valence-corrected chi connectivity index (χ4v) is 4.85. The third kappa shape index (κ3) is 6.85. The SMILES string of the molecule is CC(=O)OC[C@H]1O[C@H](Sc2cc(Cl)cnc2-c2ncc[nH]2)[C@H](OC(C)=O)[C@@H](N=[N+]=[N-])[C@H]1OC(C)=O. The number of aromatic nitrogens is 3. The first-order valence-corrected chi connectivity index (χ1v) is 11.4. The van der Waals surface area contributed by atoms with Crippen LogP contribution >= 0.6 is 23.4 Å². The van der Waals surface area contributed by atoms with E-state index in [2.05, 4.69) is 25.0 Å². The lowest BCUT2D eigenvalue weighted by Gasteiger charge is -2.43. The monoisotopic (exact) mass is 524 g/mol. The van der Waals surface area contributed by atoms with E-state index in [1.807, 2.05) is 0 Å². The maximum atomic E-state index is 11.9. The standard InChI is InChI=1S/C20H21ClN6O7S/c1-9(28)31-8-13-17(32-10(2)29)16(26-27-22)18(33-11(3)30)20(34-13)35-14-6-12(21)7-25-15(14)19-23-4-5-24-19/h4-7,13,16-18,20H,8H2,1-3H3,(H,23,24)/t13-,16+,17+,18-,20-/m1/s1. The minimum Gasteiger partial charge on any atom is -0.463 e. The van der Waals surface area contributed by atoms with Crippen LogP contribution in [0.5, 0.6) is 0 Å². The molecule has 3 heterocycles. The number of esters is 3. The molecule has 0 radical (unpaired) electrons. The Balaban J connectivity index is 2.04. The number of halogens is 1. The number of nitrogens with one attached hydrogen (secondary N) is 1. The van der Waals surface area contributed by atoms with Crippen molar-refractivity contribution in [2.24, 2.45) is 5.11 Å². The second-order valence-corrected chi connectivity index (χ2v) is 8.82. The Kier molecular flexibility index (Phi) is 8.93. The van der Waals surface area contributed by atoms with Crippen molar-refractivity contribution in [3.05, 3.63) is 40.1 Å². The molecule has 1 saturated heterocycles. The fourth-order valence-electron chi connectivity index (χ4n) is 3.38. The number of azide groups is 1. The summed E-state index contributed by atoms with van der Waals surface area (Å²) in [4.78, 5) is 50.0. The van der Waals surface area contributed by atoms with Crippen LogP contribution in [0.15, 0.2) is 34.7 Å². The zero-order chi connectivity index (χ0) is 25.5. The summed E-state index contributed by atoms with van der Waals surface area (Å²) in [5.74, 6) is -1.53. The van der Waals surface area contributed by atoms with Crippen molar-refractivity contribution in [3.8, 4) is 11.5 Å². The molecule has 5 atom stereocenters. The van der Waals surface area contributed by atoms with Gasteiger partial charge in [-0.05, 0) is 11.6 Å². The van der Waals surface area contributed by atoms with Gasteiger partial charge in [-0.25, -0.2) is 4.98 Å². The van der Waals surface area contributed by atoms with Crippen LogP contribution in [0, 0.1) is 0 Å². The second kappa shape index (κ2) is 11.9. The van der Waals surface area contributed by atoms with Crippen molar-refractivity contribution < 1.29 is 33.3 Å². The smallest absolute Gasteiger partial charge is 0.303 e. The number of H-pyrrole nitrogens is 1. The number of ether oxygens (including phenoxy) is 4. The van der Waals surface area contributed by atoms with E-state index in [1.165, 1.54) is 20.0 Å². The number of pyridine rings is 1. The molecule has 2 aromatic rings. The van der Waals surface area contributed by atoms with Crippen LogP contribution in [0.25, 0.3) is 22.0 Å². The van der Waals surface area contributed by atoms with E-state index >= 15 is 0 Å². The predicted molar refractivity (Wildman–Crippen MR) is 122 cm³/mol. The maximum absolute atomic E-state index is 11.9. The lowest BCUT2D eigenvalue weighted by atomic mass is 9.97. The number of hydrogen-bond donors (Lipinski definition) is 1. The summed E-state index contributed by atoms with van der Waals surface area (Å²) in [6, 6.07) is 0.423. The molecule has 0 bridgehead atoms. The number of imidazole rings is 1. The Hall–Kier alpha value is -3.32. The lowest BCUT2D eigenvalue weighted by Crippen LogP contribution is -2.59. The molecule has 1 aliphatic heterocycles. The van der Waals surface area contributed by atoms with E-state index < -0.39 is 47.7 Å². The average Bonchev–Trinajstić information content (AvgIpc) is 3.30. The van der Waals surface area contributed by atoms with Gasteiger partial charge in [-0.2, -0.15) is 0 Å². The molecule has 13 nitrogen and oxygen atoms in total. The molecule has 0 spiro atoms. The first-order chi connectivity index (χ1) is 16.7. The molecule has 186 valence electrons. The van der Waals surface area contributed by atoms with Gasteiger partial charge in [0.05, 0.1) is 5.02 Å². The third-order valence-corrected chi connectivity index (χ3v) is 6.03. The van der Waals surface area contributed by atoms with Crippen molar-refractivity contribution in [3.63, 3.8) is 0 Å². The molecule has 0 aromatic carbocycles. The van der Waals surface area contributed by atoms with Gasteiger partial charge >= 0.3 is 17.9 Å². The molecule has 15 heteroatoms. The quantitative estimate of drug-likeness (QED) is 0.177. The van der Waals surface area contributed by atoms with Crippen molar-refractivity contribution in [1.82, 2.24) is 15.0 Å². The number of rotatable bonds is 8. The Morgan fingerprint density at radius 3 is 2.51 bits per heavy atom. The molecule has 1 fully saturated rings. The highest BCUT2D eigenvalue weighted by atomic mass is 35.5. The molecular formula is C20H21ClN6O7S. The molecule has 0 amide bonds. The highest BCUT2D eigenvalue weighted by Gasteiger charge is 2.50. The molecule has 0 saturated carbocycles. The molecule has 0 unspecified atom stereocenters. The minimum atomic E-state index is -1.20. The minimum absolute atomic E-state index is 0.312. The van der Waals surface area contributed by atoms with E-state index in [0.29, 0.717) is 21.4 Å². The molecule has 3 rings (SSSR count). The summed E-state index contributed by atoms with van der Waals surface area (Å²) in [5, 5.41) is 4.07. The van der Waals surface area contributed by atoms with E-state index in [1.54, 1.807) is 18.5 Å². The molecule has 2 aromatic heterocycles. The first kappa shape index (κ1) is 26.3. The number of carbonyl (C=O) groups excluding carboxylic acids is 3. The number of hydrogen-bond acceptors (Lipinski definition) is 11. The highest BCUT2D eigenvalue weighted by Crippen LogP contribution is 2.40. The first-order valence-electron chi connectivity index (χ1n) is 10.2. The second-order valence-electron chi connectivity index (χ2n) is 7.25.